The van der Waals surface area contributed by atoms with Crippen LogP contribution in [-0.4, -0.2) is 11.1 Å². The summed E-state index contributed by atoms with van der Waals surface area (Å²) in [7, 11) is 0. The number of hydrogen-bond acceptors (Lipinski definition) is 2. The van der Waals surface area contributed by atoms with Crippen molar-refractivity contribution in [1.29, 1.82) is 0 Å². The minimum Gasteiger partial charge on any atom is -0.481 e. The average molecular weight is 311 g/mol. The monoisotopic (exact) mass is 310 g/mol. The first kappa shape index (κ1) is 14.7. The Kier molecular flexibility index (Phi) is 4.53. The van der Waals surface area contributed by atoms with Gasteiger partial charge in [-0.05, 0) is 30.7 Å². The number of carbonyl (C=O) groups is 1. The molecule has 20 heavy (non-hydrogen) atoms. The van der Waals surface area contributed by atoms with Crippen LogP contribution >= 0.6 is 23.2 Å². The minimum absolute atomic E-state index is 0.167. The van der Waals surface area contributed by atoms with Crippen LogP contribution in [0.25, 0.3) is 0 Å². The molecular formula is C15H12Cl2O3. The molecule has 0 heterocycles. The fourth-order valence-electron chi connectivity index (χ4n) is 1.77. The number of aryl methyl sites for hydroxylation is 1. The SMILES string of the molecule is Cc1ccc(Oc2c(Cl)cccc2CC(=O)O)c(Cl)c1. The number of carboxylic acids is 1. The van der Waals surface area contributed by atoms with Crippen molar-refractivity contribution in [2.45, 2.75) is 13.3 Å². The van der Waals surface area contributed by atoms with Gasteiger partial charge in [0.2, 0.25) is 0 Å². The fourth-order valence-corrected chi connectivity index (χ4v) is 2.27. The van der Waals surface area contributed by atoms with Crippen molar-refractivity contribution in [3.63, 3.8) is 0 Å². The van der Waals surface area contributed by atoms with E-state index in [9.17, 15) is 4.79 Å². The van der Waals surface area contributed by atoms with Crippen LogP contribution in [0.1, 0.15) is 11.1 Å². The predicted octanol–water partition coefficient (Wildman–Crippen LogP) is 4.72. The van der Waals surface area contributed by atoms with Gasteiger partial charge in [0.1, 0.15) is 11.5 Å². The lowest BCUT2D eigenvalue weighted by Crippen LogP contribution is -2.02. The highest BCUT2D eigenvalue weighted by molar-refractivity contribution is 6.33. The average Bonchev–Trinajstić information content (AvgIpc) is 2.35. The van der Waals surface area contributed by atoms with Crippen LogP contribution in [0.3, 0.4) is 0 Å². The van der Waals surface area contributed by atoms with Gasteiger partial charge in [0.15, 0.2) is 0 Å². The maximum atomic E-state index is 10.9. The zero-order valence-electron chi connectivity index (χ0n) is 10.7. The van der Waals surface area contributed by atoms with E-state index in [2.05, 4.69) is 0 Å². The van der Waals surface area contributed by atoms with E-state index in [1.807, 2.05) is 13.0 Å². The molecule has 0 bridgehead atoms. The second-order valence-electron chi connectivity index (χ2n) is 4.33. The molecule has 0 unspecified atom stereocenters. The van der Waals surface area contributed by atoms with Crippen LogP contribution < -0.4 is 4.74 Å². The number of carboxylic acid groups (broad SMARTS) is 1. The van der Waals surface area contributed by atoms with Crippen molar-refractivity contribution in [3.8, 4) is 11.5 Å². The Balaban J connectivity index is 2.39. The molecule has 0 saturated heterocycles. The van der Waals surface area contributed by atoms with Crippen molar-refractivity contribution >= 4 is 29.2 Å². The summed E-state index contributed by atoms with van der Waals surface area (Å²) in [4.78, 5) is 10.9. The van der Waals surface area contributed by atoms with Crippen molar-refractivity contribution < 1.29 is 14.6 Å². The Hall–Kier alpha value is -1.71. The molecule has 104 valence electrons. The zero-order valence-corrected chi connectivity index (χ0v) is 12.2. The quantitative estimate of drug-likeness (QED) is 0.888. The molecule has 0 atom stereocenters. The van der Waals surface area contributed by atoms with Crippen LogP contribution in [-0.2, 0) is 11.2 Å². The number of hydrogen-bond donors (Lipinski definition) is 1. The lowest BCUT2D eigenvalue weighted by Gasteiger charge is -2.13. The number of aliphatic carboxylic acids is 1. The molecule has 1 N–H and O–H groups in total. The molecule has 0 aliphatic rings. The highest BCUT2D eigenvalue weighted by Gasteiger charge is 2.14. The van der Waals surface area contributed by atoms with Crippen LogP contribution in [0, 0.1) is 6.92 Å². The molecule has 0 spiro atoms. The summed E-state index contributed by atoms with van der Waals surface area (Å²) in [5, 5.41) is 9.71. The number of ether oxygens (including phenoxy) is 1. The summed E-state index contributed by atoms with van der Waals surface area (Å²) in [6, 6.07) is 10.3. The van der Waals surface area contributed by atoms with E-state index in [1.165, 1.54) is 0 Å². The molecular weight excluding hydrogens is 299 g/mol. The van der Waals surface area contributed by atoms with Crippen molar-refractivity contribution in [1.82, 2.24) is 0 Å². The van der Waals surface area contributed by atoms with Gasteiger partial charge in [-0.3, -0.25) is 4.79 Å². The summed E-state index contributed by atoms with van der Waals surface area (Å²) >= 11 is 12.2. The Morgan fingerprint density at radius 3 is 2.60 bits per heavy atom. The molecule has 2 aromatic rings. The number of para-hydroxylation sites is 1. The largest absolute Gasteiger partial charge is 0.481 e. The highest BCUT2D eigenvalue weighted by Crippen LogP contribution is 2.36. The molecule has 2 aromatic carbocycles. The molecule has 0 aliphatic carbocycles. The van der Waals surface area contributed by atoms with Crippen LogP contribution in [0.5, 0.6) is 11.5 Å². The smallest absolute Gasteiger partial charge is 0.307 e. The first-order valence-electron chi connectivity index (χ1n) is 5.90. The molecule has 0 aliphatic heterocycles. The van der Waals surface area contributed by atoms with E-state index in [1.54, 1.807) is 30.3 Å². The van der Waals surface area contributed by atoms with Crippen LogP contribution in [0.15, 0.2) is 36.4 Å². The van der Waals surface area contributed by atoms with Crippen molar-refractivity contribution in [2.75, 3.05) is 0 Å². The Bertz CT molecular complexity index is 654. The van der Waals surface area contributed by atoms with Crippen molar-refractivity contribution in [3.05, 3.63) is 57.6 Å². The Labute approximate surface area is 126 Å². The first-order chi connectivity index (χ1) is 9.47. The van der Waals surface area contributed by atoms with Gasteiger partial charge in [-0.2, -0.15) is 0 Å². The number of benzene rings is 2. The molecule has 2 rings (SSSR count). The highest BCUT2D eigenvalue weighted by atomic mass is 35.5. The van der Waals surface area contributed by atoms with E-state index in [-0.39, 0.29) is 6.42 Å². The minimum atomic E-state index is -0.952. The predicted molar refractivity (Wildman–Crippen MR) is 79.1 cm³/mol. The first-order valence-corrected chi connectivity index (χ1v) is 6.66. The number of halogens is 2. The second-order valence-corrected chi connectivity index (χ2v) is 5.15. The van der Waals surface area contributed by atoms with Gasteiger partial charge in [-0.15, -0.1) is 0 Å². The van der Waals surface area contributed by atoms with Gasteiger partial charge in [-0.1, -0.05) is 41.4 Å². The zero-order chi connectivity index (χ0) is 14.7. The van der Waals surface area contributed by atoms with E-state index in [0.29, 0.717) is 27.1 Å². The van der Waals surface area contributed by atoms with Gasteiger partial charge in [0.05, 0.1) is 16.5 Å². The molecule has 5 heteroatoms. The van der Waals surface area contributed by atoms with Gasteiger partial charge in [0.25, 0.3) is 0 Å². The van der Waals surface area contributed by atoms with Gasteiger partial charge in [-0.25, -0.2) is 0 Å². The van der Waals surface area contributed by atoms with Crippen molar-refractivity contribution in [2.24, 2.45) is 0 Å². The standard InChI is InChI=1S/C15H12Cl2O3/c1-9-5-6-13(12(17)7-9)20-15-10(8-14(18)19)3-2-4-11(15)16/h2-7H,8H2,1H3,(H,18,19). The maximum Gasteiger partial charge on any atom is 0.307 e. The molecule has 0 radical (unpaired) electrons. The van der Waals surface area contributed by atoms with Crippen LogP contribution in [0.2, 0.25) is 10.0 Å². The summed E-state index contributed by atoms with van der Waals surface area (Å²) in [6.07, 6.45) is -0.167. The maximum absolute atomic E-state index is 10.9. The summed E-state index contributed by atoms with van der Waals surface area (Å²) in [6.45, 7) is 1.92. The van der Waals surface area contributed by atoms with E-state index in [4.69, 9.17) is 33.0 Å². The third kappa shape index (κ3) is 3.44. The van der Waals surface area contributed by atoms with Gasteiger partial charge < -0.3 is 9.84 Å². The van der Waals surface area contributed by atoms with E-state index < -0.39 is 5.97 Å². The van der Waals surface area contributed by atoms with E-state index >= 15 is 0 Å². The Morgan fingerprint density at radius 1 is 1.20 bits per heavy atom. The molecule has 0 amide bonds. The Morgan fingerprint density at radius 2 is 1.95 bits per heavy atom. The lowest BCUT2D eigenvalue weighted by atomic mass is 10.1. The third-order valence-electron chi connectivity index (χ3n) is 2.69. The molecule has 3 nitrogen and oxygen atoms in total. The normalized spacial score (nSPS) is 10.3. The molecule has 0 fully saturated rings. The third-order valence-corrected chi connectivity index (χ3v) is 3.28. The second kappa shape index (κ2) is 6.16. The molecule has 0 saturated carbocycles. The van der Waals surface area contributed by atoms with Crippen LogP contribution in [0.4, 0.5) is 0 Å². The summed E-state index contributed by atoms with van der Waals surface area (Å²) in [5.74, 6) is -0.188. The lowest BCUT2D eigenvalue weighted by molar-refractivity contribution is -0.136. The fraction of sp³-hybridized carbons (Fsp3) is 0.133. The van der Waals surface area contributed by atoms with E-state index in [0.717, 1.165) is 5.56 Å². The van der Waals surface area contributed by atoms with Gasteiger partial charge >= 0.3 is 5.97 Å². The topological polar surface area (TPSA) is 46.5 Å². The summed E-state index contributed by atoms with van der Waals surface area (Å²) in [5.41, 5.74) is 1.51. The number of rotatable bonds is 4. The summed E-state index contributed by atoms with van der Waals surface area (Å²) < 4.78 is 5.70. The van der Waals surface area contributed by atoms with Gasteiger partial charge in [0, 0.05) is 5.56 Å². The molecule has 0 aromatic heterocycles.